The SMILES string of the molecule is O=S(=O)([O-])OCCS(=O)(=O)c1cccc(S(=O)(=O)CCOS(=O)(=O)[O-])c1.[Na+].[Na+]. The third-order valence-corrected chi connectivity index (χ3v) is 6.95. The van der Waals surface area contributed by atoms with Crippen molar-refractivity contribution >= 4 is 40.5 Å². The van der Waals surface area contributed by atoms with E-state index in [1.54, 1.807) is 0 Å². The molecular formula is C10H12Na2O12S4. The molecule has 0 amide bonds. The summed E-state index contributed by atoms with van der Waals surface area (Å²) in [4.78, 5) is -0.995. The van der Waals surface area contributed by atoms with Crippen LogP contribution in [0.15, 0.2) is 34.1 Å². The maximum absolute atomic E-state index is 12.0. The van der Waals surface area contributed by atoms with E-state index in [4.69, 9.17) is 0 Å². The largest absolute Gasteiger partial charge is 1.00 e. The second-order valence-electron chi connectivity index (χ2n) is 4.57. The average molecular weight is 498 g/mol. The van der Waals surface area contributed by atoms with Crippen LogP contribution in [0.25, 0.3) is 0 Å². The smallest absolute Gasteiger partial charge is 0.726 e. The molecule has 0 aromatic heterocycles. The van der Waals surface area contributed by atoms with Crippen molar-refractivity contribution in [2.24, 2.45) is 0 Å². The molecule has 0 bridgehead atoms. The predicted molar refractivity (Wildman–Crippen MR) is 81.8 cm³/mol. The summed E-state index contributed by atoms with van der Waals surface area (Å²) in [6, 6.07) is 3.88. The Morgan fingerprint density at radius 3 is 1.29 bits per heavy atom. The third-order valence-electron chi connectivity index (χ3n) is 2.68. The topological polar surface area (TPSA) is 201 Å². The van der Waals surface area contributed by atoms with Gasteiger partial charge in [0.2, 0.25) is 20.8 Å². The van der Waals surface area contributed by atoms with Crippen LogP contribution < -0.4 is 59.1 Å². The van der Waals surface area contributed by atoms with E-state index in [0.717, 1.165) is 24.3 Å². The van der Waals surface area contributed by atoms with E-state index in [1.807, 2.05) is 0 Å². The number of sulfone groups is 2. The summed E-state index contributed by atoms with van der Waals surface area (Å²) in [6.07, 6.45) is 0. The van der Waals surface area contributed by atoms with E-state index in [-0.39, 0.29) is 59.1 Å². The molecule has 0 radical (unpaired) electrons. The van der Waals surface area contributed by atoms with Crippen LogP contribution in [0.4, 0.5) is 0 Å². The molecule has 1 rings (SSSR count). The molecule has 0 fully saturated rings. The minimum absolute atomic E-state index is 0. The standard InChI is InChI=1S/C10H14O12S4.2Na/c11-23(12,6-4-21-25(15,16)17)9-2-1-3-10(8-9)24(13,14)7-5-22-26(18,19)20;;/h1-3,8H,4-7H2,(H,15,16,17)(H,18,19,20);;/q;2*+1/p-2. The van der Waals surface area contributed by atoms with Crippen LogP contribution in [-0.4, -0.2) is 67.5 Å². The zero-order valence-electron chi connectivity index (χ0n) is 14.7. The van der Waals surface area contributed by atoms with E-state index in [9.17, 15) is 42.8 Å². The molecule has 1 aromatic carbocycles. The predicted octanol–water partition coefficient (Wildman–Crippen LogP) is -7.80. The first kappa shape index (κ1) is 31.0. The number of rotatable bonds is 10. The van der Waals surface area contributed by atoms with Crippen molar-refractivity contribution in [2.45, 2.75) is 9.79 Å². The van der Waals surface area contributed by atoms with E-state index in [1.165, 1.54) is 0 Å². The van der Waals surface area contributed by atoms with Crippen molar-refractivity contribution in [3.8, 4) is 0 Å². The Balaban J connectivity index is 0. The summed E-state index contributed by atoms with van der Waals surface area (Å²) < 4.78 is 117. The van der Waals surface area contributed by atoms with E-state index in [0.29, 0.717) is 0 Å². The Labute approximate surface area is 207 Å². The molecule has 0 aliphatic carbocycles. The van der Waals surface area contributed by atoms with Crippen LogP contribution >= 0.6 is 0 Å². The molecule has 0 heterocycles. The van der Waals surface area contributed by atoms with E-state index in [2.05, 4.69) is 8.37 Å². The summed E-state index contributed by atoms with van der Waals surface area (Å²) in [5.41, 5.74) is 0. The van der Waals surface area contributed by atoms with Crippen LogP contribution in [0.3, 0.4) is 0 Å². The number of hydrogen-bond acceptors (Lipinski definition) is 12. The van der Waals surface area contributed by atoms with Crippen LogP contribution in [0.2, 0.25) is 0 Å². The molecule has 28 heavy (non-hydrogen) atoms. The van der Waals surface area contributed by atoms with E-state index < -0.39 is 75.0 Å². The van der Waals surface area contributed by atoms with Gasteiger partial charge >= 0.3 is 59.1 Å². The second kappa shape index (κ2) is 12.0. The first-order valence-electron chi connectivity index (χ1n) is 6.38. The van der Waals surface area contributed by atoms with Gasteiger partial charge < -0.3 is 9.11 Å². The Hall–Kier alpha value is 0.860. The third kappa shape index (κ3) is 11.9. The van der Waals surface area contributed by atoms with Gasteiger partial charge in [-0.1, -0.05) is 6.07 Å². The van der Waals surface area contributed by atoms with E-state index >= 15 is 0 Å². The summed E-state index contributed by atoms with van der Waals surface area (Å²) in [5, 5.41) is 0. The monoisotopic (exact) mass is 498 g/mol. The fourth-order valence-corrected chi connectivity index (χ4v) is 4.71. The minimum Gasteiger partial charge on any atom is -0.726 e. The molecule has 0 unspecified atom stereocenters. The number of hydrogen-bond donors (Lipinski definition) is 0. The average Bonchev–Trinajstić information content (AvgIpc) is 2.44. The Bertz CT molecular complexity index is 978. The minimum atomic E-state index is -5.08. The zero-order valence-corrected chi connectivity index (χ0v) is 21.9. The Morgan fingerprint density at radius 2 is 1.00 bits per heavy atom. The van der Waals surface area contributed by atoms with Crippen LogP contribution in [-0.2, 0) is 48.8 Å². The molecule has 0 spiro atoms. The van der Waals surface area contributed by atoms with Gasteiger partial charge in [-0.25, -0.2) is 33.7 Å². The molecule has 0 saturated heterocycles. The fraction of sp³-hybridized carbons (Fsp3) is 0.400. The van der Waals surface area contributed by atoms with Crippen LogP contribution in [0.5, 0.6) is 0 Å². The van der Waals surface area contributed by atoms with Gasteiger partial charge in [0, 0.05) is 0 Å². The first-order valence-corrected chi connectivity index (χ1v) is 12.4. The fourth-order valence-electron chi connectivity index (χ4n) is 1.59. The molecule has 0 aliphatic heterocycles. The zero-order chi connectivity index (χ0) is 20.2. The summed E-state index contributed by atoms with van der Waals surface area (Å²) in [5.74, 6) is -1.81. The Kier molecular flexibility index (Phi) is 13.4. The number of benzene rings is 1. The molecule has 1 aromatic rings. The van der Waals surface area contributed by atoms with Crippen molar-refractivity contribution in [1.82, 2.24) is 0 Å². The summed E-state index contributed by atoms with van der Waals surface area (Å²) in [7, 11) is -18.5. The van der Waals surface area contributed by atoms with Gasteiger partial charge in [-0.15, -0.1) is 0 Å². The van der Waals surface area contributed by atoms with Crippen LogP contribution in [0, 0.1) is 0 Å². The summed E-state index contributed by atoms with van der Waals surface area (Å²) >= 11 is 0. The van der Waals surface area contributed by atoms with Gasteiger partial charge in [0.05, 0.1) is 34.5 Å². The van der Waals surface area contributed by atoms with Gasteiger partial charge in [0.1, 0.15) is 0 Å². The molecule has 18 heteroatoms. The van der Waals surface area contributed by atoms with Crippen LogP contribution in [0.1, 0.15) is 0 Å². The van der Waals surface area contributed by atoms with Crippen molar-refractivity contribution < 1.29 is 110 Å². The van der Waals surface area contributed by atoms with Crippen molar-refractivity contribution in [2.75, 3.05) is 24.7 Å². The van der Waals surface area contributed by atoms with Gasteiger partial charge in [-0.2, -0.15) is 0 Å². The summed E-state index contributed by atoms with van der Waals surface area (Å²) in [6.45, 7) is -1.92. The molecule has 0 aliphatic rings. The second-order valence-corrected chi connectivity index (χ2v) is 10.9. The maximum atomic E-state index is 12.0. The molecule has 0 atom stereocenters. The van der Waals surface area contributed by atoms with Crippen molar-refractivity contribution in [3.05, 3.63) is 24.3 Å². The maximum Gasteiger partial charge on any atom is 1.00 e. The molecule has 0 N–H and O–H groups in total. The molecule has 150 valence electrons. The quantitative estimate of drug-likeness (QED) is 0.168. The molecular weight excluding hydrogens is 486 g/mol. The van der Waals surface area contributed by atoms with Gasteiger partial charge in [0.25, 0.3) is 0 Å². The molecule has 0 saturated carbocycles. The van der Waals surface area contributed by atoms with Gasteiger partial charge in [-0.3, -0.25) is 8.37 Å². The molecule has 12 nitrogen and oxygen atoms in total. The van der Waals surface area contributed by atoms with Crippen molar-refractivity contribution in [3.63, 3.8) is 0 Å². The van der Waals surface area contributed by atoms with Gasteiger partial charge in [-0.05, 0) is 18.2 Å². The van der Waals surface area contributed by atoms with Crippen molar-refractivity contribution in [1.29, 1.82) is 0 Å². The first-order chi connectivity index (χ1) is 11.6. The van der Waals surface area contributed by atoms with Gasteiger partial charge in [0.15, 0.2) is 19.7 Å². The Morgan fingerprint density at radius 1 is 0.679 bits per heavy atom. The normalized spacial score (nSPS) is 12.6.